The lowest BCUT2D eigenvalue weighted by molar-refractivity contribution is -0.132. The summed E-state index contributed by atoms with van der Waals surface area (Å²) in [5.41, 5.74) is 3.20. The molecular weight excluding hydrogens is 324 g/mol. The zero-order valence-corrected chi connectivity index (χ0v) is 13.9. The van der Waals surface area contributed by atoms with Gasteiger partial charge in [0.2, 0.25) is 0 Å². The topological polar surface area (TPSA) is 64.3 Å². The van der Waals surface area contributed by atoms with Crippen molar-refractivity contribution in [3.05, 3.63) is 96.1 Å². The second-order valence-corrected chi connectivity index (χ2v) is 5.58. The highest BCUT2D eigenvalue weighted by Gasteiger charge is 2.12. The van der Waals surface area contributed by atoms with Crippen LogP contribution in [-0.2, 0) is 4.79 Å². The molecule has 0 aliphatic rings. The van der Waals surface area contributed by atoms with Crippen molar-refractivity contribution in [2.24, 2.45) is 0 Å². The predicted octanol–water partition coefficient (Wildman–Crippen LogP) is 5.15. The third kappa shape index (κ3) is 3.80. The van der Waals surface area contributed by atoms with Crippen LogP contribution in [0.15, 0.2) is 90.5 Å². The van der Waals surface area contributed by atoms with Crippen molar-refractivity contribution in [3.8, 4) is 6.07 Å². The number of hydrogen-bond donors (Lipinski definition) is 1. The van der Waals surface area contributed by atoms with E-state index in [1.165, 1.54) is 6.08 Å². The molecule has 0 bridgehead atoms. The van der Waals surface area contributed by atoms with E-state index in [0.29, 0.717) is 5.56 Å². The normalized spacial score (nSPS) is 10.8. The van der Waals surface area contributed by atoms with Crippen molar-refractivity contribution < 1.29 is 9.90 Å². The zero-order valence-electron chi connectivity index (χ0n) is 13.9. The van der Waals surface area contributed by atoms with Crippen LogP contribution < -0.4 is 4.90 Å². The van der Waals surface area contributed by atoms with E-state index in [1.54, 1.807) is 12.1 Å². The first-order chi connectivity index (χ1) is 12.7. The van der Waals surface area contributed by atoms with Crippen LogP contribution in [0.4, 0.5) is 17.1 Å². The number of rotatable bonds is 5. The smallest absolute Gasteiger partial charge is 0.346 e. The molecule has 0 fully saturated rings. The van der Waals surface area contributed by atoms with E-state index in [0.717, 1.165) is 17.1 Å². The van der Waals surface area contributed by atoms with Gasteiger partial charge in [-0.2, -0.15) is 5.26 Å². The monoisotopic (exact) mass is 340 g/mol. The van der Waals surface area contributed by atoms with Crippen LogP contribution >= 0.6 is 0 Å². The molecule has 1 N–H and O–H groups in total. The number of nitrogens with zero attached hydrogens (tertiary/aromatic N) is 2. The Morgan fingerprint density at radius 2 is 1.38 bits per heavy atom. The molecule has 3 aromatic rings. The van der Waals surface area contributed by atoms with E-state index >= 15 is 0 Å². The van der Waals surface area contributed by atoms with Gasteiger partial charge in [-0.3, -0.25) is 0 Å². The Kier molecular flexibility index (Phi) is 5.11. The maximum absolute atomic E-state index is 11.1. The molecule has 3 aromatic carbocycles. The molecule has 0 amide bonds. The third-order valence-electron chi connectivity index (χ3n) is 3.82. The number of hydrogen-bond acceptors (Lipinski definition) is 3. The second kappa shape index (κ2) is 7.82. The number of carboxylic acid groups (broad SMARTS) is 1. The van der Waals surface area contributed by atoms with E-state index in [-0.39, 0.29) is 5.57 Å². The highest BCUT2D eigenvalue weighted by atomic mass is 16.4. The SMILES string of the molecule is N#C/C(=C\c1cccc(N(c2ccccc2)c2ccccc2)c1)C(=O)O. The molecule has 0 spiro atoms. The van der Waals surface area contributed by atoms with Gasteiger partial charge in [-0.1, -0.05) is 48.5 Å². The van der Waals surface area contributed by atoms with Crippen LogP contribution in [0.5, 0.6) is 0 Å². The molecule has 126 valence electrons. The molecule has 0 atom stereocenters. The number of anilines is 3. The average molecular weight is 340 g/mol. The first-order valence-corrected chi connectivity index (χ1v) is 8.04. The first kappa shape index (κ1) is 17.0. The van der Waals surface area contributed by atoms with Crippen molar-refractivity contribution in [3.63, 3.8) is 0 Å². The second-order valence-electron chi connectivity index (χ2n) is 5.58. The standard InChI is InChI=1S/C22H16N2O2/c23-16-18(22(25)26)14-17-8-7-13-21(15-17)24(19-9-3-1-4-10-19)20-11-5-2-6-12-20/h1-15H,(H,25,26)/b18-14+. The van der Waals surface area contributed by atoms with Gasteiger partial charge in [0.15, 0.2) is 0 Å². The fourth-order valence-electron chi connectivity index (χ4n) is 2.66. The molecule has 3 rings (SSSR count). The van der Waals surface area contributed by atoms with Gasteiger partial charge in [0, 0.05) is 17.1 Å². The quantitative estimate of drug-likeness (QED) is 0.515. The maximum atomic E-state index is 11.1. The van der Waals surface area contributed by atoms with E-state index in [9.17, 15) is 4.79 Å². The lowest BCUT2D eigenvalue weighted by Crippen LogP contribution is -2.09. The summed E-state index contributed by atoms with van der Waals surface area (Å²) in [5, 5.41) is 18.1. The molecule has 26 heavy (non-hydrogen) atoms. The summed E-state index contributed by atoms with van der Waals surface area (Å²) in [6.07, 6.45) is 1.38. The molecular formula is C22H16N2O2. The van der Waals surface area contributed by atoms with E-state index in [1.807, 2.05) is 78.9 Å². The van der Waals surface area contributed by atoms with Gasteiger partial charge in [-0.05, 0) is 48.0 Å². The molecule has 0 aliphatic carbocycles. The van der Waals surface area contributed by atoms with Crippen LogP contribution in [0.1, 0.15) is 5.56 Å². The number of para-hydroxylation sites is 2. The van der Waals surface area contributed by atoms with Gasteiger partial charge < -0.3 is 10.0 Å². The molecule has 0 aromatic heterocycles. The van der Waals surface area contributed by atoms with Crippen LogP contribution in [-0.4, -0.2) is 11.1 Å². The van der Waals surface area contributed by atoms with Crippen LogP contribution in [0, 0.1) is 11.3 Å². The minimum Gasteiger partial charge on any atom is -0.477 e. The van der Waals surface area contributed by atoms with Crippen molar-refractivity contribution in [2.45, 2.75) is 0 Å². The fourth-order valence-corrected chi connectivity index (χ4v) is 2.66. The van der Waals surface area contributed by atoms with Crippen LogP contribution in [0.25, 0.3) is 6.08 Å². The third-order valence-corrected chi connectivity index (χ3v) is 3.82. The number of benzene rings is 3. The van der Waals surface area contributed by atoms with Crippen LogP contribution in [0.3, 0.4) is 0 Å². The van der Waals surface area contributed by atoms with Crippen molar-refractivity contribution in [2.75, 3.05) is 4.90 Å². The zero-order chi connectivity index (χ0) is 18.4. The number of carbonyl (C=O) groups is 1. The van der Waals surface area contributed by atoms with Crippen molar-refractivity contribution in [1.29, 1.82) is 5.26 Å². The molecule has 0 unspecified atom stereocenters. The fraction of sp³-hybridized carbons (Fsp3) is 0. The van der Waals surface area contributed by atoms with Crippen molar-refractivity contribution >= 4 is 29.1 Å². The minimum atomic E-state index is -1.24. The summed E-state index contributed by atoms with van der Waals surface area (Å²) in [6, 6.07) is 28.9. The Hall–Kier alpha value is -3.84. The molecule has 0 saturated heterocycles. The Morgan fingerprint density at radius 3 is 1.88 bits per heavy atom. The average Bonchev–Trinajstić information content (AvgIpc) is 2.68. The summed E-state index contributed by atoms with van der Waals surface area (Å²) in [7, 11) is 0. The lowest BCUT2D eigenvalue weighted by Gasteiger charge is -2.25. The summed E-state index contributed by atoms with van der Waals surface area (Å²) in [5.74, 6) is -1.24. The highest BCUT2D eigenvalue weighted by molar-refractivity contribution is 5.96. The van der Waals surface area contributed by atoms with Gasteiger partial charge in [-0.25, -0.2) is 4.79 Å². The molecule has 0 saturated carbocycles. The van der Waals surface area contributed by atoms with E-state index < -0.39 is 5.97 Å². The summed E-state index contributed by atoms with van der Waals surface area (Å²) in [4.78, 5) is 13.2. The Balaban J connectivity index is 2.10. The maximum Gasteiger partial charge on any atom is 0.346 e. The lowest BCUT2D eigenvalue weighted by atomic mass is 10.1. The van der Waals surface area contributed by atoms with E-state index in [4.69, 9.17) is 10.4 Å². The van der Waals surface area contributed by atoms with Gasteiger partial charge >= 0.3 is 5.97 Å². The number of aliphatic carboxylic acids is 1. The minimum absolute atomic E-state index is 0.298. The van der Waals surface area contributed by atoms with Crippen molar-refractivity contribution in [1.82, 2.24) is 0 Å². The Labute approximate surface area is 151 Å². The largest absolute Gasteiger partial charge is 0.477 e. The predicted molar refractivity (Wildman–Crippen MR) is 102 cm³/mol. The summed E-state index contributed by atoms with van der Waals surface area (Å²) < 4.78 is 0. The van der Waals surface area contributed by atoms with Gasteiger partial charge in [0.1, 0.15) is 11.6 Å². The Morgan fingerprint density at radius 1 is 0.846 bits per heavy atom. The molecule has 0 heterocycles. The van der Waals surface area contributed by atoms with Crippen LogP contribution in [0.2, 0.25) is 0 Å². The molecule has 4 heteroatoms. The molecule has 0 radical (unpaired) electrons. The molecule has 0 aliphatic heterocycles. The highest BCUT2D eigenvalue weighted by Crippen LogP contribution is 2.34. The Bertz CT molecular complexity index is 934. The summed E-state index contributed by atoms with van der Waals surface area (Å²) >= 11 is 0. The molecule has 4 nitrogen and oxygen atoms in total. The first-order valence-electron chi connectivity index (χ1n) is 8.04. The summed E-state index contributed by atoms with van der Waals surface area (Å²) in [6.45, 7) is 0. The van der Waals surface area contributed by atoms with Gasteiger partial charge in [-0.15, -0.1) is 0 Å². The number of nitriles is 1. The van der Waals surface area contributed by atoms with Gasteiger partial charge in [0.05, 0.1) is 0 Å². The van der Waals surface area contributed by atoms with Gasteiger partial charge in [0.25, 0.3) is 0 Å². The number of carboxylic acids is 1. The van der Waals surface area contributed by atoms with E-state index in [2.05, 4.69) is 4.90 Å².